The lowest BCUT2D eigenvalue weighted by Crippen LogP contribution is -2.36. The molecule has 40 valence electrons. The first-order chi connectivity index (χ1) is 3.39. The Morgan fingerprint density at radius 1 is 1.57 bits per heavy atom. The lowest BCUT2D eigenvalue weighted by molar-refractivity contribution is 0.574. The standard InChI is InChI=1S/C5H10N2/c1-5-2-3-6-7-4-5/h2,6-7H,3-4H2,1H3. The number of hydrazine groups is 1. The minimum Gasteiger partial charge on any atom is -0.254 e. The zero-order chi connectivity index (χ0) is 5.11. The Morgan fingerprint density at radius 2 is 2.43 bits per heavy atom. The minimum absolute atomic E-state index is 0.964. The van der Waals surface area contributed by atoms with E-state index < -0.39 is 0 Å². The molecule has 2 N–H and O–H groups in total. The quantitative estimate of drug-likeness (QED) is 0.418. The van der Waals surface area contributed by atoms with Crippen molar-refractivity contribution in [1.29, 1.82) is 0 Å². The van der Waals surface area contributed by atoms with Gasteiger partial charge in [-0.2, -0.15) is 0 Å². The van der Waals surface area contributed by atoms with Crippen LogP contribution in [0.4, 0.5) is 0 Å². The van der Waals surface area contributed by atoms with E-state index >= 15 is 0 Å². The summed E-state index contributed by atoms with van der Waals surface area (Å²) < 4.78 is 0. The zero-order valence-corrected chi connectivity index (χ0v) is 4.49. The van der Waals surface area contributed by atoms with Crippen molar-refractivity contribution in [2.75, 3.05) is 13.1 Å². The molecule has 0 fully saturated rings. The van der Waals surface area contributed by atoms with Gasteiger partial charge in [-0.15, -0.1) is 0 Å². The van der Waals surface area contributed by atoms with Gasteiger partial charge in [0.05, 0.1) is 0 Å². The van der Waals surface area contributed by atoms with Crippen molar-refractivity contribution in [2.24, 2.45) is 0 Å². The zero-order valence-electron chi connectivity index (χ0n) is 4.49. The molecule has 1 heterocycles. The van der Waals surface area contributed by atoms with Crippen molar-refractivity contribution in [3.05, 3.63) is 11.6 Å². The molecule has 1 rings (SSSR count). The van der Waals surface area contributed by atoms with Gasteiger partial charge in [0.2, 0.25) is 0 Å². The van der Waals surface area contributed by atoms with E-state index in [4.69, 9.17) is 0 Å². The number of rotatable bonds is 0. The van der Waals surface area contributed by atoms with Gasteiger partial charge in [-0.1, -0.05) is 11.6 Å². The average molecular weight is 98.1 g/mol. The Labute approximate surface area is 43.6 Å². The molecule has 0 aliphatic carbocycles. The summed E-state index contributed by atoms with van der Waals surface area (Å²) in [7, 11) is 0. The van der Waals surface area contributed by atoms with Crippen LogP contribution < -0.4 is 10.9 Å². The van der Waals surface area contributed by atoms with Gasteiger partial charge >= 0.3 is 0 Å². The maximum absolute atomic E-state index is 3.02. The fourth-order valence-electron chi connectivity index (χ4n) is 0.572. The highest BCUT2D eigenvalue weighted by atomic mass is 15.3. The molecule has 1 aliphatic heterocycles. The topological polar surface area (TPSA) is 24.1 Å². The van der Waals surface area contributed by atoms with Crippen molar-refractivity contribution in [1.82, 2.24) is 10.9 Å². The van der Waals surface area contributed by atoms with Gasteiger partial charge in [-0.25, -0.2) is 0 Å². The number of hydrogen-bond donors (Lipinski definition) is 2. The fourth-order valence-corrected chi connectivity index (χ4v) is 0.572. The van der Waals surface area contributed by atoms with Crippen LogP contribution in [0.2, 0.25) is 0 Å². The lowest BCUT2D eigenvalue weighted by Gasteiger charge is -2.10. The average Bonchev–Trinajstić information content (AvgIpc) is 1.69. The number of hydrogen-bond acceptors (Lipinski definition) is 2. The van der Waals surface area contributed by atoms with Gasteiger partial charge in [0.15, 0.2) is 0 Å². The normalized spacial score (nSPS) is 21.6. The molecule has 0 amide bonds. The van der Waals surface area contributed by atoms with Crippen LogP contribution in [0.15, 0.2) is 11.6 Å². The van der Waals surface area contributed by atoms with Crippen LogP contribution in [0.25, 0.3) is 0 Å². The molecule has 0 aromatic carbocycles. The van der Waals surface area contributed by atoms with E-state index in [1.165, 1.54) is 5.57 Å². The van der Waals surface area contributed by atoms with Crippen molar-refractivity contribution in [3.63, 3.8) is 0 Å². The van der Waals surface area contributed by atoms with Gasteiger partial charge in [0.1, 0.15) is 0 Å². The van der Waals surface area contributed by atoms with Gasteiger partial charge in [0, 0.05) is 13.1 Å². The molecule has 0 saturated carbocycles. The SMILES string of the molecule is CC1=CCNNC1. The Hall–Kier alpha value is -0.340. The third-order valence-electron chi connectivity index (χ3n) is 1.04. The smallest absolute Gasteiger partial charge is 0.0308 e. The fraction of sp³-hybridized carbons (Fsp3) is 0.600. The second kappa shape index (κ2) is 2.09. The molecule has 1 aliphatic rings. The highest BCUT2D eigenvalue weighted by Gasteiger charge is 1.92. The van der Waals surface area contributed by atoms with E-state index in [-0.39, 0.29) is 0 Å². The second-order valence-corrected chi connectivity index (χ2v) is 1.78. The molecule has 0 aromatic heterocycles. The second-order valence-electron chi connectivity index (χ2n) is 1.78. The van der Waals surface area contributed by atoms with Gasteiger partial charge in [-0.05, 0) is 6.92 Å². The molecule has 2 heteroatoms. The largest absolute Gasteiger partial charge is 0.254 e. The lowest BCUT2D eigenvalue weighted by atomic mass is 10.3. The first-order valence-corrected chi connectivity index (χ1v) is 2.51. The van der Waals surface area contributed by atoms with Crippen molar-refractivity contribution in [3.8, 4) is 0 Å². The van der Waals surface area contributed by atoms with Crippen LogP contribution in [0.3, 0.4) is 0 Å². The predicted octanol–water partition coefficient (Wildman–Crippen LogP) is 0.0405. The molecule has 0 unspecified atom stereocenters. The molecule has 0 bridgehead atoms. The monoisotopic (exact) mass is 98.1 g/mol. The van der Waals surface area contributed by atoms with Crippen molar-refractivity contribution >= 4 is 0 Å². The Morgan fingerprint density at radius 3 is 2.71 bits per heavy atom. The highest BCUT2D eigenvalue weighted by molar-refractivity contribution is 5.03. The molecule has 0 radical (unpaired) electrons. The summed E-state index contributed by atoms with van der Waals surface area (Å²) in [6.45, 7) is 4.07. The van der Waals surface area contributed by atoms with Gasteiger partial charge in [-0.3, -0.25) is 10.9 Å². The summed E-state index contributed by atoms with van der Waals surface area (Å²) in [5.41, 5.74) is 7.42. The number of nitrogens with one attached hydrogen (secondary N) is 2. The van der Waals surface area contributed by atoms with E-state index in [0.29, 0.717) is 0 Å². The van der Waals surface area contributed by atoms with Crippen LogP contribution >= 0.6 is 0 Å². The highest BCUT2D eigenvalue weighted by Crippen LogP contribution is 1.89. The van der Waals surface area contributed by atoms with Crippen LogP contribution in [0, 0.1) is 0 Å². The van der Waals surface area contributed by atoms with E-state index in [9.17, 15) is 0 Å². The molecule has 0 aromatic rings. The summed E-state index contributed by atoms with van der Waals surface area (Å²) in [4.78, 5) is 0. The van der Waals surface area contributed by atoms with Crippen LogP contribution in [-0.2, 0) is 0 Å². The minimum atomic E-state index is 0.964. The van der Waals surface area contributed by atoms with E-state index in [2.05, 4.69) is 23.9 Å². The van der Waals surface area contributed by atoms with E-state index in [0.717, 1.165) is 13.1 Å². The predicted molar refractivity (Wildman–Crippen MR) is 29.8 cm³/mol. The van der Waals surface area contributed by atoms with E-state index in [1.54, 1.807) is 0 Å². The molecule has 2 nitrogen and oxygen atoms in total. The Balaban J connectivity index is 2.40. The first-order valence-electron chi connectivity index (χ1n) is 2.51. The summed E-state index contributed by atoms with van der Waals surface area (Å²) in [5.74, 6) is 0. The molecular weight excluding hydrogens is 88.1 g/mol. The summed E-state index contributed by atoms with van der Waals surface area (Å²) in [6.07, 6.45) is 2.18. The molecule has 7 heavy (non-hydrogen) atoms. The maximum atomic E-state index is 3.02. The molecular formula is C5H10N2. The third-order valence-corrected chi connectivity index (χ3v) is 1.04. The summed E-state index contributed by atoms with van der Waals surface area (Å²) >= 11 is 0. The van der Waals surface area contributed by atoms with Crippen LogP contribution in [0.5, 0.6) is 0 Å². The Kier molecular flexibility index (Phi) is 1.44. The van der Waals surface area contributed by atoms with Crippen molar-refractivity contribution < 1.29 is 0 Å². The molecule has 0 saturated heterocycles. The summed E-state index contributed by atoms with van der Waals surface area (Å²) in [6, 6.07) is 0. The third kappa shape index (κ3) is 1.29. The molecule has 0 atom stereocenters. The first kappa shape index (κ1) is 4.81. The summed E-state index contributed by atoms with van der Waals surface area (Å²) in [5, 5.41) is 0. The van der Waals surface area contributed by atoms with Crippen LogP contribution in [0.1, 0.15) is 6.92 Å². The van der Waals surface area contributed by atoms with Gasteiger partial charge in [0.25, 0.3) is 0 Å². The van der Waals surface area contributed by atoms with E-state index in [1.807, 2.05) is 0 Å². The van der Waals surface area contributed by atoms with Crippen molar-refractivity contribution in [2.45, 2.75) is 6.92 Å². The molecule has 0 spiro atoms. The maximum Gasteiger partial charge on any atom is 0.0308 e. The Bertz CT molecular complexity index is 86.1. The van der Waals surface area contributed by atoms with Gasteiger partial charge < -0.3 is 0 Å². The van der Waals surface area contributed by atoms with Crippen LogP contribution in [-0.4, -0.2) is 13.1 Å².